The van der Waals surface area contributed by atoms with Gasteiger partial charge in [-0.3, -0.25) is 10.00 Å². The van der Waals surface area contributed by atoms with Gasteiger partial charge in [0.2, 0.25) is 0 Å². The number of carbonyl (C=O) groups excluding carboxylic acids is 1. The average molecular weight is 311 g/mol. The normalized spacial score (nSPS) is 17.0. The lowest BCUT2D eigenvalue weighted by molar-refractivity contribution is 0.244. The minimum atomic E-state index is -0.259. The molecule has 8 nitrogen and oxygen atoms in total. The molecule has 0 fully saturated rings. The van der Waals surface area contributed by atoms with Crippen LogP contribution < -0.4 is 10.6 Å². The van der Waals surface area contributed by atoms with Crippen LogP contribution in [0.3, 0.4) is 0 Å². The fourth-order valence-corrected chi connectivity index (χ4v) is 2.98. The number of nitrogens with zero attached hydrogens (tertiary/aromatic N) is 5. The number of rotatable bonds is 2. The highest BCUT2D eigenvalue weighted by molar-refractivity contribution is 5.88. The smallest absolute Gasteiger partial charge is 0.320 e. The number of urea groups is 1. The van der Waals surface area contributed by atoms with Gasteiger partial charge in [-0.25, -0.2) is 9.78 Å². The summed E-state index contributed by atoms with van der Waals surface area (Å²) in [7, 11) is 0. The lowest BCUT2D eigenvalue weighted by Crippen LogP contribution is -2.36. The third-order valence-corrected chi connectivity index (χ3v) is 4.00. The zero-order valence-electron chi connectivity index (χ0n) is 12.7. The number of amides is 2. The van der Waals surface area contributed by atoms with Crippen molar-refractivity contribution in [1.29, 1.82) is 0 Å². The van der Waals surface area contributed by atoms with E-state index >= 15 is 0 Å². The summed E-state index contributed by atoms with van der Waals surface area (Å²) in [4.78, 5) is 16.6. The Bertz CT molecular complexity index is 866. The molecule has 0 aliphatic carbocycles. The van der Waals surface area contributed by atoms with E-state index in [0.29, 0.717) is 11.5 Å². The molecule has 1 unspecified atom stereocenters. The summed E-state index contributed by atoms with van der Waals surface area (Å²) in [5, 5.41) is 14.5. The summed E-state index contributed by atoms with van der Waals surface area (Å²) >= 11 is 0. The van der Waals surface area contributed by atoms with Gasteiger partial charge in [-0.1, -0.05) is 0 Å². The Morgan fingerprint density at radius 2 is 2.26 bits per heavy atom. The van der Waals surface area contributed by atoms with Gasteiger partial charge in [0.1, 0.15) is 5.82 Å². The molecule has 1 aliphatic heterocycles. The Morgan fingerprint density at radius 3 is 3.17 bits per heavy atom. The van der Waals surface area contributed by atoms with Crippen LogP contribution in [0.2, 0.25) is 0 Å². The average Bonchev–Trinajstić information content (AvgIpc) is 3.13. The van der Waals surface area contributed by atoms with Crippen molar-refractivity contribution in [1.82, 2.24) is 29.7 Å². The Kier molecular flexibility index (Phi) is 3.22. The van der Waals surface area contributed by atoms with Crippen molar-refractivity contribution < 1.29 is 4.79 Å². The molecule has 0 aromatic carbocycles. The summed E-state index contributed by atoms with van der Waals surface area (Å²) < 4.78 is 3.57. The Morgan fingerprint density at radius 1 is 1.35 bits per heavy atom. The highest BCUT2D eigenvalue weighted by Crippen LogP contribution is 2.24. The largest absolute Gasteiger partial charge is 0.329 e. The minimum absolute atomic E-state index is 0.0251. The first-order valence-electron chi connectivity index (χ1n) is 7.61. The van der Waals surface area contributed by atoms with Crippen molar-refractivity contribution in [2.24, 2.45) is 0 Å². The molecule has 4 heterocycles. The third-order valence-electron chi connectivity index (χ3n) is 4.00. The van der Waals surface area contributed by atoms with Crippen molar-refractivity contribution >= 4 is 17.5 Å². The van der Waals surface area contributed by atoms with Gasteiger partial charge in [-0.15, -0.1) is 0 Å². The molecule has 3 aromatic rings. The highest BCUT2D eigenvalue weighted by atomic mass is 16.2. The molecule has 4 rings (SSSR count). The van der Waals surface area contributed by atoms with Gasteiger partial charge < -0.3 is 5.32 Å². The number of nitrogens with one attached hydrogen (secondary N) is 2. The van der Waals surface area contributed by atoms with Gasteiger partial charge in [-0.2, -0.15) is 14.7 Å². The quantitative estimate of drug-likeness (QED) is 0.756. The molecule has 0 saturated carbocycles. The first-order valence-corrected chi connectivity index (χ1v) is 7.61. The van der Waals surface area contributed by atoms with Crippen molar-refractivity contribution in [3.8, 4) is 0 Å². The molecule has 0 radical (unpaired) electrons. The molecule has 3 aromatic heterocycles. The van der Waals surface area contributed by atoms with E-state index in [1.807, 2.05) is 23.7 Å². The lowest BCUT2D eigenvalue weighted by atomic mass is 10.0. The number of hydrogen-bond donors (Lipinski definition) is 2. The van der Waals surface area contributed by atoms with E-state index in [9.17, 15) is 4.79 Å². The molecule has 2 amide bonds. The molecule has 23 heavy (non-hydrogen) atoms. The zero-order valence-corrected chi connectivity index (χ0v) is 12.7. The molecule has 1 atom stereocenters. The molecule has 0 bridgehead atoms. The Labute approximate surface area is 132 Å². The van der Waals surface area contributed by atoms with Crippen LogP contribution in [0, 0.1) is 6.92 Å². The fourth-order valence-electron chi connectivity index (χ4n) is 2.98. The van der Waals surface area contributed by atoms with Crippen LogP contribution in [0.4, 0.5) is 10.6 Å². The maximum absolute atomic E-state index is 12.3. The van der Waals surface area contributed by atoms with Gasteiger partial charge in [0.15, 0.2) is 5.65 Å². The van der Waals surface area contributed by atoms with Gasteiger partial charge in [0.25, 0.3) is 0 Å². The van der Waals surface area contributed by atoms with Crippen molar-refractivity contribution in [2.75, 3.05) is 5.32 Å². The zero-order chi connectivity index (χ0) is 15.8. The first-order chi connectivity index (χ1) is 11.2. The molecule has 1 aliphatic rings. The second-order valence-corrected chi connectivity index (χ2v) is 5.66. The van der Waals surface area contributed by atoms with Crippen LogP contribution in [-0.4, -0.2) is 30.4 Å². The molecular formula is C15H17N7O. The minimum Gasteiger partial charge on any atom is -0.329 e. The number of anilines is 1. The number of aromatic nitrogens is 5. The monoisotopic (exact) mass is 311 g/mol. The van der Waals surface area contributed by atoms with Crippen molar-refractivity contribution in [3.63, 3.8) is 0 Å². The van der Waals surface area contributed by atoms with Crippen molar-refractivity contribution in [3.05, 3.63) is 42.0 Å². The second kappa shape index (κ2) is 5.38. The highest BCUT2D eigenvalue weighted by Gasteiger charge is 2.22. The summed E-state index contributed by atoms with van der Waals surface area (Å²) in [6.45, 7) is 2.79. The van der Waals surface area contributed by atoms with E-state index in [1.165, 1.54) is 0 Å². The second-order valence-electron chi connectivity index (χ2n) is 5.66. The van der Waals surface area contributed by atoms with Crippen LogP contribution in [-0.2, 0) is 6.54 Å². The summed E-state index contributed by atoms with van der Waals surface area (Å²) in [6, 6.07) is 5.26. The number of aryl methyl sites for hydroxylation is 2. The fraction of sp³-hybridized carbons (Fsp3) is 0.333. The van der Waals surface area contributed by atoms with Gasteiger partial charge in [0, 0.05) is 25.0 Å². The molecule has 8 heteroatoms. The molecule has 118 valence electrons. The predicted molar refractivity (Wildman–Crippen MR) is 84.1 cm³/mol. The molecule has 0 saturated heterocycles. The van der Waals surface area contributed by atoms with Crippen LogP contribution in [0.5, 0.6) is 0 Å². The Hall–Kier alpha value is -2.90. The van der Waals surface area contributed by atoms with Gasteiger partial charge in [-0.05, 0) is 31.9 Å². The van der Waals surface area contributed by atoms with E-state index in [4.69, 9.17) is 0 Å². The van der Waals surface area contributed by atoms with E-state index in [-0.39, 0.29) is 12.1 Å². The summed E-state index contributed by atoms with van der Waals surface area (Å²) in [5.74, 6) is 0.588. The summed E-state index contributed by atoms with van der Waals surface area (Å²) in [5.41, 5.74) is 2.60. The third kappa shape index (κ3) is 2.52. The van der Waals surface area contributed by atoms with Gasteiger partial charge in [0.05, 0.1) is 17.4 Å². The summed E-state index contributed by atoms with van der Waals surface area (Å²) in [6.07, 6.45) is 5.33. The number of hydrogen-bond acceptors (Lipinski definition) is 4. The van der Waals surface area contributed by atoms with Crippen molar-refractivity contribution in [2.45, 2.75) is 32.4 Å². The molecule has 2 N–H and O–H groups in total. The standard InChI is InChI=1S/C15H17N7O/c1-10-9-14-16-6-5-13(22(14)20-10)19-15(23)18-11-3-2-8-21-12(11)4-7-17-21/h4-7,9,11H,2-3,8H2,1H3,(H2,18,19,23). The maximum atomic E-state index is 12.3. The lowest BCUT2D eigenvalue weighted by Gasteiger charge is -2.24. The van der Waals surface area contributed by atoms with Crippen LogP contribution in [0.15, 0.2) is 30.6 Å². The number of fused-ring (bicyclic) bond motifs is 2. The SMILES string of the molecule is Cc1cc2nccc(NC(=O)NC3CCCn4nccc43)n2n1. The topological polar surface area (TPSA) is 89.1 Å². The number of carbonyl (C=O) groups is 1. The van der Waals surface area contributed by atoms with Gasteiger partial charge >= 0.3 is 6.03 Å². The first kappa shape index (κ1) is 13.7. The molecule has 0 spiro atoms. The maximum Gasteiger partial charge on any atom is 0.320 e. The van der Waals surface area contributed by atoms with Crippen LogP contribution >= 0.6 is 0 Å². The van der Waals surface area contributed by atoms with E-state index in [0.717, 1.165) is 30.8 Å². The van der Waals surface area contributed by atoms with Crippen LogP contribution in [0.1, 0.15) is 30.3 Å². The van der Waals surface area contributed by atoms with E-state index in [1.54, 1.807) is 23.0 Å². The molecular weight excluding hydrogens is 294 g/mol. The van der Waals surface area contributed by atoms with E-state index < -0.39 is 0 Å². The predicted octanol–water partition coefficient (Wildman–Crippen LogP) is 1.89. The Balaban J connectivity index is 1.52. The van der Waals surface area contributed by atoms with Crippen LogP contribution in [0.25, 0.3) is 5.65 Å². The van der Waals surface area contributed by atoms with E-state index in [2.05, 4.69) is 25.8 Å².